The summed E-state index contributed by atoms with van der Waals surface area (Å²) in [5, 5.41) is 0. The molecule has 1 amide bonds. The summed E-state index contributed by atoms with van der Waals surface area (Å²) in [5.41, 5.74) is 5.62. The normalized spacial score (nSPS) is 23.4. The van der Waals surface area contributed by atoms with Crippen LogP contribution in [0.3, 0.4) is 0 Å². The van der Waals surface area contributed by atoms with E-state index in [0.29, 0.717) is 38.1 Å². The van der Waals surface area contributed by atoms with E-state index < -0.39 is 12.7 Å². The Morgan fingerprint density at radius 2 is 1.71 bits per heavy atom. The fourth-order valence-electron chi connectivity index (χ4n) is 3.19. The lowest BCUT2D eigenvalue weighted by Crippen LogP contribution is -2.48. The Hall–Kier alpha value is -0.780. The number of nitrogens with zero attached hydrogens (tertiary/aromatic N) is 1. The van der Waals surface area contributed by atoms with E-state index in [1.165, 1.54) is 0 Å². The van der Waals surface area contributed by atoms with E-state index in [1.807, 2.05) is 13.8 Å². The van der Waals surface area contributed by atoms with Crippen LogP contribution in [-0.4, -0.2) is 36.1 Å². The number of amides is 1. The number of hydrogen-bond donors (Lipinski definition) is 1. The zero-order valence-corrected chi connectivity index (χ0v) is 13.0. The largest absolute Gasteiger partial charge is 0.406 e. The van der Waals surface area contributed by atoms with Crippen LogP contribution in [0.25, 0.3) is 0 Å². The highest BCUT2D eigenvalue weighted by Crippen LogP contribution is 2.31. The Balaban J connectivity index is 2.75. The van der Waals surface area contributed by atoms with Crippen LogP contribution >= 0.6 is 0 Å². The highest BCUT2D eigenvalue weighted by molar-refractivity contribution is 5.79. The number of halogens is 3. The molecule has 0 radical (unpaired) electrons. The predicted molar refractivity (Wildman–Crippen MR) is 76.6 cm³/mol. The summed E-state index contributed by atoms with van der Waals surface area (Å²) in [6, 6.07) is -0.327. The lowest BCUT2D eigenvalue weighted by atomic mass is 9.81. The third-order valence-corrected chi connectivity index (χ3v) is 4.55. The van der Waals surface area contributed by atoms with Crippen LogP contribution in [0, 0.1) is 11.8 Å². The third kappa shape index (κ3) is 5.49. The Labute approximate surface area is 125 Å². The van der Waals surface area contributed by atoms with Gasteiger partial charge in [-0.15, -0.1) is 0 Å². The number of rotatable bonds is 6. The summed E-state index contributed by atoms with van der Waals surface area (Å²) < 4.78 is 38.3. The quantitative estimate of drug-likeness (QED) is 0.818. The van der Waals surface area contributed by atoms with Gasteiger partial charge in [-0.2, -0.15) is 13.2 Å². The minimum atomic E-state index is -4.34. The third-order valence-electron chi connectivity index (χ3n) is 4.55. The molecule has 2 N–H and O–H groups in total. The first-order chi connectivity index (χ1) is 9.82. The standard InChI is InChI=1S/C15H27F3N2O/c1-3-13(4-2)20(10-15(16,17)18)14(21)12-7-5-11(9-19)6-8-12/h11-13H,3-10,19H2,1-2H3. The van der Waals surface area contributed by atoms with Crippen LogP contribution in [-0.2, 0) is 4.79 Å². The van der Waals surface area contributed by atoms with Crippen LogP contribution in [0.5, 0.6) is 0 Å². The Bertz CT molecular complexity index is 321. The van der Waals surface area contributed by atoms with E-state index in [-0.39, 0.29) is 17.9 Å². The first-order valence-corrected chi connectivity index (χ1v) is 7.89. The molecule has 1 rings (SSSR count). The van der Waals surface area contributed by atoms with Crippen molar-refractivity contribution in [3.05, 3.63) is 0 Å². The average molecular weight is 308 g/mol. The number of carbonyl (C=O) groups excluding carboxylic acids is 1. The second kappa shape index (κ2) is 8.01. The molecular formula is C15H27F3N2O. The highest BCUT2D eigenvalue weighted by atomic mass is 19.4. The zero-order chi connectivity index (χ0) is 16.0. The van der Waals surface area contributed by atoms with Crippen LogP contribution in [0.4, 0.5) is 13.2 Å². The first-order valence-electron chi connectivity index (χ1n) is 7.89. The topological polar surface area (TPSA) is 46.3 Å². The van der Waals surface area contributed by atoms with Crippen molar-refractivity contribution in [2.45, 2.75) is 64.6 Å². The lowest BCUT2D eigenvalue weighted by molar-refractivity contribution is -0.169. The molecule has 3 nitrogen and oxygen atoms in total. The van der Waals surface area contributed by atoms with E-state index in [9.17, 15) is 18.0 Å². The number of alkyl halides is 3. The van der Waals surface area contributed by atoms with Gasteiger partial charge in [-0.1, -0.05) is 13.8 Å². The maximum atomic E-state index is 12.8. The molecule has 0 aromatic rings. The molecule has 0 heterocycles. The summed E-state index contributed by atoms with van der Waals surface area (Å²) in [6.07, 6.45) is -0.227. The smallest absolute Gasteiger partial charge is 0.330 e. The summed E-state index contributed by atoms with van der Waals surface area (Å²) >= 11 is 0. The Kier molecular flexibility index (Phi) is 6.97. The summed E-state index contributed by atoms with van der Waals surface area (Å²) in [5.74, 6) is -0.175. The molecule has 6 heteroatoms. The van der Waals surface area contributed by atoms with E-state index in [4.69, 9.17) is 5.73 Å². The van der Waals surface area contributed by atoms with Crippen LogP contribution in [0.2, 0.25) is 0 Å². The van der Waals surface area contributed by atoms with E-state index in [1.54, 1.807) is 0 Å². The van der Waals surface area contributed by atoms with E-state index in [0.717, 1.165) is 17.7 Å². The second-order valence-corrected chi connectivity index (χ2v) is 6.00. The summed E-state index contributed by atoms with van der Waals surface area (Å²) in [4.78, 5) is 13.6. The van der Waals surface area contributed by atoms with Gasteiger partial charge >= 0.3 is 6.18 Å². The number of nitrogens with two attached hydrogens (primary N) is 1. The molecule has 124 valence electrons. The molecule has 0 unspecified atom stereocenters. The van der Waals surface area contributed by atoms with Gasteiger partial charge in [-0.3, -0.25) is 4.79 Å². The van der Waals surface area contributed by atoms with Gasteiger partial charge in [0.05, 0.1) is 0 Å². The van der Waals surface area contributed by atoms with Crippen molar-refractivity contribution in [1.29, 1.82) is 0 Å². The fraction of sp³-hybridized carbons (Fsp3) is 0.933. The SMILES string of the molecule is CCC(CC)N(CC(F)(F)F)C(=O)C1CCC(CN)CC1. The van der Waals surface area contributed by atoms with Crippen molar-refractivity contribution >= 4 is 5.91 Å². The molecule has 1 aliphatic rings. The van der Waals surface area contributed by atoms with Gasteiger partial charge in [0.2, 0.25) is 5.91 Å². The van der Waals surface area contributed by atoms with Gasteiger partial charge < -0.3 is 10.6 Å². The van der Waals surface area contributed by atoms with Crippen molar-refractivity contribution < 1.29 is 18.0 Å². The maximum absolute atomic E-state index is 12.8. The Morgan fingerprint density at radius 3 is 2.10 bits per heavy atom. The van der Waals surface area contributed by atoms with Gasteiger partial charge in [0.15, 0.2) is 0 Å². The lowest BCUT2D eigenvalue weighted by Gasteiger charge is -2.36. The molecule has 1 aliphatic carbocycles. The molecule has 0 atom stereocenters. The molecule has 0 aromatic heterocycles. The molecule has 0 saturated heterocycles. The summed E-state index contributed by atoms with van der Waals surface area (Å²) in [6.45, 7) is 3.13. The molecule has 0 bridgehead atoms. The molecule has 0 spiro atoms. The minimum absolute atomic E-state index is 0.268. The number of hydrogen-bond acceptors (Lipinski definition) is 2. The van der Waals surface area contributed by atoms with Gasteiger partial charge in [-0.25, -0.2) is 0 Å². The molecule has 1 saturated carbocycles. The van der Waals surface area contributed by atoms with Crippen LogP contribution < -0.4 is 5.73 Å². The molecule has 0 aromatic carbocycles. The molecule has 1 fully saturated rings. The van der Waals surface area contributed by atoms with Crippen molar-refractivity contribution in [1.82, 2.24) is 4.90 Å². The minimum Gasteiger partial charge on any atom is -0.330 e. The number of carbonyl (C=O) groups is 1. The van der Waals surface area contributed by atoms with Gasteiger partial charge in [0.1, 0.15) is 6.54 Å². The van der Waals surface area contributed by atoms with Gasteiger partial charge in [0.25, 0.3) is 0 Å². The van der Waals surface area contributed by atoms with Crippen LogP contribution in [0.15, 0.2) is 0 Å². The van der Waals surface area contributed by atoms with Crippen LogP contribution in [0.1, 0.15) is 52.4 Å². The Morgan fingerprint density at radius 1 is 1.19 bits per heavy atom. The van der Waals surface area contributed by atoms with Crippen molar-refractivity contribution in [2.24, 2.45) is 17.6 Å². The zero-order valence-electron chi connectivity index (χ0n) is 13.0. The predicted octanol–water partition coefficient (Wildman–Crippen LogP) is 3.33. The average Bonchev–Trinajstić information content (AvgIpc) is 2.45. The molecular weight excluding hydrogens is 281 g/mol. The summed E-state index contributed by atoms with van der Waals surface area (Å²) in [7, 11) is 0. The fourth-order valence-corrected chi connectivity index (χ4v) is 3.19. The van der Waals surface area contributed by atoms with Crippen molar-refractivity contribution in [3.63, 3.8) is 0 Å². The molecule has 0 aliphatic heterocycles. The second-order valence-electron chi connectivity index (χ2n) is 6.00. The molecule has 21 heavy (non-hydrogen) atoms. The highest BCUT2D eigenvalue weighted by Gasteiger charge is 2.38. The maximum Gasteiger partial charge on any atom is 0.406 e. The van der Waals surface area contributed by atoms with Gasteiger partial charge in [-0.05, 0) is 51.0 Å². The van der Waals surface area contributed by atoms with Crippen molar-refractivity contribution in [3.8, 4) is 0 Å². The van der Waals surface area contributed by atoms with Crippen molar-refractivity contribution in [2.75, 3.05) is 13.1 Å². The first kappa shape index (κ1) is 18.3. The van der Waals surface area contributed by atoms with Gasteiger partial charge in [0, 0.05) is 12.0 Å². The van der Waals surface area contributed by atoms with E-state index in [2.05, 4.69) is 0 Å². The van der Waals surface area contributed by atoms with E-state index >= 15 is 0 Å². The monoisotopic (exact) mass is 308 g/mol.